The predicted molar refractivity (Wildman–Crippen MR) is 118 cm³/mol. The first kappa shape index (κ1) is 25.3. The fourth-order valence-electron chi connectivity index (χ4n) is 2.93. The van der Waals surface area contributed by atoms with E-state index in [2.05, 4.69) is 10.6 Å². The van der Waals surface area contributed by atoms with Crippen molar-refractivity contribution in [3.8, 4) is 0 Å². The van der Waals surface area contributed by atoms with Gasteiger partial charge in [-0.25, -0.2) is 13.2 Å². The summed E-state index contributed by atoms with van der Waals surface area (Å²) in [5, 5.41) is 5.29. The Morgan fingerprint density at radius 2 is 2.03 bits per heavy atom. The molecule has 12 heteroatoms. The van der Waals surface area contributed by atoms with Crippen LogP contribution in [0.15, 0.2) is 29.2 Å². The zero-order valence-electron chi connectivity index (χ0n) is 16.7. The third kappa shape index (κ3) is 7.03. The molecule has 0 saturated carbocycles. The van der Waals surface area contributed by atoms with E-state index in [4.69, 9.17) is 44.3 Å². The number of nitrogens with zero attached hydrogens (tertiary/aromatic N) is 1. The first-order chi connectivity index (χ1) is 14.1. The monoisotopic (exact) mass is 501 g/mol. The zero-order valence-corrected chi connectivity index (χ0v) is 19.8. The summed E-state index contributed by atoms with van der Waals surface area (Å²) in [4.78, 5) is 12.2. The number of alkyl carbamates (subject to hydrolysis) is 1. The van der Waals surface area contributed by atoms with E-state index in [1.54, 1.807) is 26.0 Å². The third-order valence-electron chi connectivity index (χ3n) is 4.50. The van der Waals surface area contributed by atoms with Crippen molar-refractivity contribution in [1.82, 2.24) is 9.62 Å². The number of amides is 1. The van der Waals surface area contributed by atoms with Gasteiger partial charge in [0.2, 0.25) is 13.8 Å². The molecular formula is C18H26Cl3N3O5S. The molecule has 1 amide bonds. The summed E-state index contributed by atoms with van der Waals surface area (Å²) in [6.45, 7) is 4.93. The van der Waals surface area contributed by atoms with Crippen LogP contribution in [0.1, 0.15) is 26.7 Å². The molecule has 1 saturated heterocycles. The van der Waals surface area contributed by atoms with Crippen LogP contribution in [0.2, 0.25) is 0 Å². The van der Waals surface area contributed by atoms with Crippen molar-refractivity contribution in [2.45, 2.75) is 47.6 Å². The minimum absolute atomic E-state index is 0.0835. The third-order valence-corrected chi connectivity index (χ3v) is 7.20. The average Bonchev–Trinajstić information content (AvgIpc) is 3.20. The van der Waals surface area contributed by atoms with Gasteiger partial charge in [-0.05, 0) is 31.0 Å². The SMILES string of the molecule is CCN(CC)S(=O)(=O)c1cccc(N[C@H](NC(=O)OC[C@@H]2CCCO2)C(Cl)(Cl)Cl)c1. The van der Waals surface area contributed by atoms with Crippen molar-refractivity contribution < 1.29 is 22.7 Å². The second-order valence-corrected chi connectivity index (χ2v) is 10.9. The number of sulfonamides is 1. The van der Waals surface area contributed by atoms with Crippen molar-refractivity contribution in [3.63, 3.8) is 0 Å². The molecule has 2 N–H and O–H groups in total. The quantitative estimate of drug-likeness (QED) is 0.394. The summed E-state index contributed by atoms with van der Waals surface area (Å²) in [7, 11) is -3.67. The number of benzene rings is 1. The standard InChI is InChI=1S/C18H26Cl3N3O5S/c1-3-24(4-2)30(26,27)15-9-5-7-13(11-15)22-16(18(19,20)21)23-17(25)29-12-14-8-6-10-28-14/h5,7,9,11,14,16,22H,3-4,6,8,10,12H2,1-2H3,(H,23,25)/t14-,16+/m0/s1. The number of nitrogens with one attached hydrogen (secondary N) is 2. The summed E-state index contributed by atoms with van der Waals surface area (Å²) in [5.74, 6) is 0. The minimum Gasteiger partial charge on any atom is -0.447 e. The van der Waals surface area contributed by atoms with E-state index in [9.17, 15) is 13.2 Å². The number of alkyl halides is 3. The molecule has 1 fully saturated rings. The van der Waals surface area contributed by atoms with Crippen LogP contribution in [0.25, 0.3) is 0 Å². The largest absolute Gasteiger partial charge is 0.447 e. The first-order valence-corrected chi connectivity index (χ1v) is 12.1. The maximum Gasteiger partial charge on any atom is 0.408 e. The number of rotatable bonds is 9. The molecule has 0 unspecified atom stereocenters. The Balaban J connectivity index is 2.10. The predicted octanol–water partition coefficient (Wildman–Crippen LogP) is 3.73. The number of halogens is 3. The molecule has 1 aliphatic heterocycles. The Kier molecular flexibility index (Phi) is 9.32. The van der Waals surface area contributed by atoms with Gasteiger partial charge in [0.25, 0.3) is 0 Å². The van der Waals surface area contributed by atoms with Crippen LogP contribution in [0.4, 0.5) is 10.5 Å². The van der Waals surface area contributed by atoms with Crippen LogP contribution in [-0.4, -0.2) is 61.2 Å². The van der Waals surface area contributed by atoms with E-state index in [0.29, 0.717) is 25.4 Å². The molecule has 30 heavy (non-hydrogen) atoms. The lowest BCUT2D eigenvalue weighted by Gasteiger charge is -2.27. The highest BCUT2D eigenvalue weighted by Crippen LogP contribution is 2.31. The summed E-state index contributed by atoms with van der Waals surface area (Å²) in [5.41, 5.74) is 0.346. The van der Waals surface area contributed by atoms with Crippen molar-refractivity contribution >= 4 is 56.6 Å². The lowest BCUT2D eigenvalue weighted by Crippen LogP contribution is -2.49. The molecule has 8 nitrogen and oxygen atoms in total. The molecule has 0 radical (unpaired) electrons. The topological polar surface area (TPSA) is 97.0 Å². The second kappa shape index (κ2) is 11.1. The van der Waals surface area contributed by atoms with E-state index >= 15 is 0 Å². The minimum atomic E-state index is -3.67. The molecule has 1 aliphatic rings. The van der Waals surface area contributed by atoms with Gasteiger partial charge in [-0.1, -0.05) is 54.7 Å². The number of carbonyl (C=O) groups excluding carboxylic acids is 1. The van der Waals surface area contributed by atoms with Crippen LogP contribution in [0.5, 0.6) is 0 Å². The van der Waals surface area contributed by atoms with Crippen molar-refractivity contribution in [1.29, 1.82) is 0 Å². The van der Waals surface area contributed by atoms with Gasteiger partial charge < -0.3 is 14.8 Å². The number of ether oxygens (including phenoxy) is 2. The molecule has 1 aromatic carbocycles. The Hall–Kier alpha value is -0.970. The van der Waals surface area contributed by atoms with Gasteiger partial charge in [0.1, 0.15) is 12.8 Å². The molecule has 170 valence electrons. The summed E-state index contributed by atoms with van der Waals surface area (Å²) >= 11 is 18.0. The lowest BCUT2D eigenvalue weighted by atomic mass is 10.2. The van der Waals surface area contributed by atoms with E-state index in [1.165, 1.54) is 16.4 Å². The number of hydrogen-bond acceptors (Lipinski definition) is 6. The molecule has 0 aromatic heterocycles. The number of hydrogen-bond donors (Lipinski definition) is 2. The van der Waals surface area contributed by atoms with Gasteiger partial charge in [0, 0.05) is 25.4 Å². The highest BCUT2D eigenvalue weighted by molar-refractivity contribution is 7.89. The maximum absolute atomic E-state index is 12.7. The highest BCUT2D eigenvalue weighted by atomic mass is 35.6. The van der Waals surface area contributed by atoms with Crippen molar-refractivity contribution in [3.05, 3.63) is 24.3 Å². The number of anilines is 1. The number of carbonyl (C=O) groups is 1. The van der Waals surface area contributed by atoms with Gasteiger partial charge in [-0.2, -0.15) is 4.31 Å². The Morgan fingerprint density at radius 3 is 2.60 bits per heavy atom. The van der Waals surface area contributed by atoms with Crippen LogP contribution in [0, 0.1) is 0 Å². The summed E-state index contributed by atoms with van der Waals surface area (Å²) in [6, 6.07) is 6.05. The van der Waals surface area contributed by atoms with Crippen LogP contribution in [-0.2, 0) is 19.5 Å². The van der Waals surface area contributed by atoms with Gasteiger partial charge in [0.05, 0.1) is 11.0 Å². The second-order valence-electron chi connectivity index (χ2n) is 6.61. The van der Waals surface area contributed by atoms with Crippen LogP contribution in [0.3, 0.4) is 0 Å². The van der Waals surface area contributed by atoms with E-state index < -0.39 is 26.1 Å². The Bertz CT molecular complexity index is 810. The molecule has 1 heterocycles. The highest BCUT2D eigenvalue weighted by Gasteiger charge is 2.35. The van der Waals surface area contributed by atoms with Gasteiger partial charge >= 0.3 is 6.09 Å². The molecule has 2 rings (SSSR count). The maximum atomic E-state index is 12.7. The van der Waals surface area contributed by atoms with E-state index in [1.807, 2.05) is 0 Å². The van der Waals surface area contributed by atoms with Crippen molar-refractivity contribution in [2.24, 2.45) is 0 Å². The van der Waals surface area contributed by atoms with Gasteiger partial charge in [0.15, 0.2) is 0 Å². The fourth-order valence-corrected chi connectivity index (χ4v) is 4.76. The average molecular weight is 503 g/mol. The Morgan fingerprint density at radius 1 is 1.33 bits per heavy atom. The molecule has 0 bridgehead atoms. The van der Waals surface area contributed by atoms with Crippen LogP contribution >= 0.6 is 34.8 Å². The summed E-state index contributed by atoms with van der Waals surface area (Å²) < 4.78 is 35.4. The molecule has 1 aromatic rings. The normalized spacial score (nSPS) is 18.3. The molecule has 0 aliphatic carbocycles. The van der Waals surface area contributed by atoms with Crippen LogP contribution < -0.4 is 10.6 Å². The molecule has 0 spiro atoms. The van der Waals surface area contributed by atoms with Gasteiger partial charge in [-0.3, -0.25) is 5.32 Å². The Labute approximate surface area is 192 Å². The summed E-state index contributed by atoms with van der Waals surface area (Å²) in [6.07, 6.45) is -0.377. The molecule has 2 atom stereocenters. The lowest BCUT2D eigenvalue weighted by molar-refractivity contribution is 0.0432. The smallest absolute Gasteiger partial charge is 0.408 e. The van der Waals surface area contributed by atoms with E-state index in [0.717, 1.165) is 12.8 Å². The van der Waals surface area contributed by atoms with E-state index in [-0.39, 0.29) is 17.6 Å². The molecular weight excluding hydrogens is 477 g/mol. The zero-order chi connectivity index (χ0) is 22.4. The van der Waals surface area contributed by atoms with Crippen molar-refractivity contribution in [2.75, 3.05) is 31.6 Å². The van der Waals surface area contributed by atoms with Gasteiger partial charge in [-0.15, -0.1) is 0 Å². The first-order valence-electron chi connectivity index (χ1n) is 9.56. The fraction of sp³-hybridized carbons (Fsp3) is 0.611.